The van der Waals surface area contributed by atoms with Gasteiger partial charge in [-0.25, -0.2) is 4.79 Å². The summed E-state index contributed by atoms with van der Waals surface area (Å²) in [5, 5.41) is 10.7. The number of anilines is 1. The maximum Gasteiger partial charge on any atom is 0.471 e. The van der Waals surface area contributed by atoms with Gasteiger partial charge in [-0.3, -0.25) is 9.78 Å². The van der Waals surface area contributed by atoms with Gasteiger partial charge in [0.05, 0.1) is 16.9 Å². The summed E-state index contributed by atoms with van der Waals surface area (Å²) >= 11 is 0. The molecular weight excluding hydrogens is 301 g/mol. The lowest BCUT2D eigenvalue weighted by atomic mass is 10.1. The van der Waals surface area contributed by atoms with Gasteiger partial charge in [0.2, 0.25) is 0 Å². The van der Waals surface area contributed by atoms with E-state index in [2.05, 4.69) is 4.98 Å². The minimum Gasteiger partial charge on any atom is -0.478 e. The number of alkyl halides is 3. The average molecular weight is 310 g/mol. The molecule has 8 heteroatoms. The number of rotatable bonds is 3. The first-order chi connectivity index (χ1) is 10.3. The predicted molar refractivity (Wildman–Crippen MR) is 71.3 cm³/mol. The van der Waals surface area contributed by atoms with Crippen LogP contribution in [-0.4, -0.2) is 28.1 Å². The zero-order valence-electron chi connectivity index (χ0n) is 10.9. The van der Waals surface area contributed by atoms with E-state index in [1.165, 1.54) is 12.1 Å². The molecule has 0 aliphatic heterocycles. The summed E-state index contributed by atoms with van der Waals surface area (Å²) < 4.78 is 37.3. The second-order valence-corrected chi connectivity index (χ2v) is 4.21. The minimum atomic E-state index is -5.14. The third-order valence-electron chi connectivity index (χ3n) is 2.72. The fraction of sp³-hybridized carbons (Fsp3) is 0.0714. The Labute approximate surface area is 122 Å². The monoisotopic (exact) mass is 310 g/mol. The van der Waals surface area contributed by atoms with Gasteiger partial charge in [-0.15, -0.1) is 0 Å². The van der Waals surface area contributed by atoms with Crippen LogP contribution < -0.4 is 5.32 Å². The number of aromatic carboxylic acids is 1. The van der Waals surface area contributed by atoms with Gasteiger partial charge >= 0.3 is 18.1 Å². The molecule has 1 heterocycles. The molecular formula is C14H9F3N2O3. The van der Waals surface area contributed by atoms with Crippen LogP contribution in [0.5, 0.6) is 0 Å². The van der Waals surface area contributed by atoms with Crippen LogP contribution in [0.3, 0.4) is 0 Å². The molecule has 0 fully saturated rings. The number of benzene rings is 1. The van der Waals surface area contributed by atoms with Crippen LogP contribution in [0, 0.1) is 0 Å². The van der Waals surface area contributed by atoms with E-state index >= 15 is 0 Å². The molecule has 0 atom stereocenters. The maximum atomic E-state index is 12.4. The number of carbonyl (C=O) groups is 2. The van der Waals surface area contributed by atoms with Crippen LogP contribution in [0.25, 0.3) is 11.3 Å². The number of carbonyl (C=O) groups excluding carboxylic acids is 1. The van der Waals surface area contributed by atoms with Crippen molar-refractivity contribution in [2.75, 3.05) is 5.32 Å². The predicted octanol–water partition coefficient (Wildman–Crippen LogP) is 2.95. The summed E-state index contributed by atoms with van der Waals surface area (Å²) in [5.41, 5.74) is -0.656. The van der Waals surface area contributed by atoms with E-state index in [-0.39, 0.29) is 5.69 Å². The van der Waals surface area contributed by atoms with E-state index in [0.29, 0.717) is 5.56 Å². The van der Waals surface area contributed by atoms with E-state index in [1.807, 2.05) is 0 Å². The van der Waals surface area contributed by atoms with Gasteiger partial charge in [0, 0.05) is 11.8 Å². The number of amides is 1. The van der Waals surface area contributed by atoms with Gasteiger partial charge < -0.3 is 10.4 Å². The van der Waals surface area contributed by atoms with Gasteiger partial charge in [0.25, 0.3) is 0 Å². The molecule has 2 aromatic rings. The Morgan fingerprint density at radius 2 is 1.73 bits per heavy atom. The van der Waals surface area contributed by atoms with Crippen molar-refractivity contribution >= 4 is 17.6 Å². The number of nitrogens with one attached hydrogen (secondary N) is 1. The quantitative estimate of drug-likeness (QED) is 0.913. The smallest absolute Gasteiger partial charge is 0.471 e. The summed E-state index contributed by atoms with van der Waals surface area (Å²) in [6.45, 7) is 0. The van der Waals surface area contributed by atoms with E-state index in [9.17, 15) is 22.8 Å². The SMILES string of the molecule is O=C(O)c1ccnc(-c2ccccc2)c1NC(=O)C(F)(F)F. The minimum absolute atomic E-state index is 0.0573. The molecule has 2 rings (SSSR count). The number of carboxylic acids is 1. The van der Waals surface area contributed by atoms with Crippen LogP contribution in [-0.2, 0) is 4.79 Å². The average Bonchev–Trinajstić information content (AvgIpc) is 2.47. The molecule has 1 aromatic heterocycles. The van der Waals surface area contributed by atoms with Crippen LogP contribution in [0.15, 0.2) is 42.6 Å². The normalized spacial score (nSPS) is 11.0. The molecule has 0 saturated heterocycles. The lowest BCUT2D eigenvalue weighted by molar-refractivity contribution is -0.167. The molecule has 1 aromatic carbocycles. The molecule has 0 aliphatic rings. The molecule has 0 bridgehead atoms. The van der Waals surface area contributed by atoms with E-state index in [1.54, 1.807) is 23.5 Å². The summed E-state index contributed by atoms with van der Waals surface area (Å²) in [4.78, 5) is 26.2. The number of pyridine rings is 1. The largest absolute Gasteiger partial charge is 0.478 e. The molecule has 0 saturated carbocycles. The molecule has 0 radical (unpaired) electrons. The van der Waals surface area contributed by atoms with Gasteiger partial charge in [-0.05, 0) is 6.07 Å². The number of halogens is 3. The number of hydrogen-bond acceptors (Lipinski definition) is 3. The Bertz CT molecular complexity index is 715. The van der Waals surface area contributed by atoms with Gasteiger partial charge in [-0.1, -0.05) is 30.3 Å². The number of carboxylic acid groups (broad SMARTS) is 1. The van der Waals surface area contributed by atoms with Crippen molar-refractivity contribution in [1.29, 1.82) is 0 Å². The molecule has 2 N–H and O–H groups in total. The molecule has 22 heavy (non-hydrogen) atoms. The standard InChI is InChI=1S/C14H9F3N2O3/c15-14(16,17)13(22)19-11-9(12(20)21)6-7-18-10(11)8-4-2-1-3-5-8/h1-7H,(H,19,22)(H,20,21). The summed E-state index contributed by atoms with van der Waals surface area (Å²) in [6.07, 6.45) is -3.99. The van der Waals surface area contributed by atoms with Crippen LogP contribution in [0.1, 0.15) is 10.4 Å². The zero-order chi connectivity index (χ0) is 16.3. The fourth-order valence-electron chi connectivity index (χ4n) is 1.77. The first-order valence-electron chi connectivity index (χ1n) is 5.96. The van der Waals surface area contributed by atoms with Crippen molar-refractivity contribution in [3.05, 3.63) is 48.2 Å². The van der Waals surface area contributed by atoms with Crippen molar-refractivity contribution in [1.82, 2.24) is 4.98 Å². The van der Waals surface area contributed by atoms with Crippen LogP contribution >= 0.6 is 0 Å². The lowest BCUT2D eigenvalue weighted by Crippen LogP contribution is -2.31. The van der Waals surface area contributed by atoms with E-state index in [4.69, 9.17) is 5.11 Å². The first kappa shape index (κ1) is 15.5. The molecule has 114 valence electrons. The lowest BCUT2D eigenvalue weighted by Gasteiger charge is -2.14. The van der Waals surface area contributed by atoms with Crippen molar-refractivity contribution in [2.24, 2.45) is 0 Å². The maximum absolute atomic E-state index is 12.4. The second kappa shape index (κ2) is 5.84. The molecule has 5 nitrogen and oxygen atoms in total. The Morgan fingerprint density at radius 1 is 1.09 bits per heavy atom. The third kappa shape index (κ3) is 3.22. The topological polar surface area (TPSA) is 79.3 Å². The fourth-order valence-corrected chi connectivity index (χ4v) is 1.77. The summed E-state index contributed by atoms with van der Waals surface area (Å²) in [5.74, 6) is -3.74. The second-order valence-electron chi connectivity index (χ2n) is 4.21. The molecule has 0 aliphatic carbocycles. The van der Waals surface area contributed by atoms with E-state index < -0.39 is 29.3 Å². The summed E-state index contributed by atoms with van der Waals surface area (Å²) in [6, 6.07) is 8.99. The van der Waals surface area contributed by atoms with Gasteiger partial charge in [0.15, 0.2) is 0 Å². The number of nitrogens with zero attached hydrogens (tertiary/aromatic N) is 1. The van der Waals surface area contributed by atoms with Crippen molar-refractivity contribution in [2.45, 2.75) is 6.18 Å². The van der Waals surface area contributed by atoms with E-state index in [0.717, 1.165) is 12.3 Å². The number of aromatic nitrogens is 1. The molecule has 0 spiro atoms. The summed E-state index contributed by atoms with van der Waals surface area (Å²) in [7, 11) is 0. The van der Waals surface area contributed by atoms with Crippen LogP contribution in [0.4, 0.5) is 18.9 Å². The van der Waals surface area contributed by atoms with Crippen molar-refractivity contribution in [3.8, 4) is 11.3 Å². The highest BCUT2D eigenvalue weighted by Gasteiger charge is 2.39. The van der Waals surface area contributed by atoms with Crippen molar-refractivity contribution < 1.29 is 27.9 Å². The van der Waals surface area contributed by atoms with Gasteiger partial charge in [-0.2, -0.15) is 13.2 Å². The highest BCUT2D eigenvalue weighted by atomic mass is 19.4. The zero-order valence-corrected chi connectivity index (χ0v) is 10.9. The van der Waals surface area contributed by atoms with Crippen LogP contribution in [0.2, 0.25) is 0 Å². The number of hydrogen-bond donors (Lipinski definition) is 2. The first-order valence-corrected chi connectivity index (χ1v) is 5.96. The third-order valence-corrected chi connectivity index (χ3v) is 2.72. The van der Waals surface area contributed by atoms with Gasteiger partial charge in [0.1, 0.15) is 0 Å². The Hall–Kier alpha value is -2.90. The molecule has 1 amide bonds. The Kier molecular flexibility index (Phi) is 4.11. The Balaban J connectivity index is 2.58. The van der Waals surface area contributed by atoms with Crippen molar-refractivity contribution in [3.63, 3.8) is 0 Å². The Morgan fingerprint density at radius 3 is 2.27 bits per heavy atom. The highest BCUT2D eigenvalue weighted by molar-refractivity contribution is 6.05. The molecule has 0 unspecified atom stereocenters. The highest BCUT2D eigenvalue weighted by Crippen LogP contribution is 2.30.